The summed E-state index contributed by atoms with van der Waals surface area (Å²) in [5.41, 5.74) is 0.690. The van der Waals surface area contributed by atoms with Crippen LogP contribution in [0.25, 0.3) is 0 Å². The number of benzene rings is 2. The molecule has 2 amide bonds. The summed E-state index contributed by atoms with van der Waals surface area (Å²) in [5, 5.41) is 0.561. The van der Waals surface area contributed by atoms with E-state index in [1.54, 1.807) is 12.1 Å². The first kappa shape index (κ1) is 21.6. The highest BCUT2D eigenvalue weighted by molar-refractivity contribution is 6.36. The van der Waals surface area contributed by atoms with Crippen LogP contribution in [0.3, 0.4) is 0 Å². The first-order valence-electron chi connectivity index (χ1n) is 11.2. The molecule has 0 radical (unpaired) electrons. The number of rotatable bonds is 5. The molecule has 0 aromatic heterocycles. The van der Waals surface area contributed by atoms with Gasteiger partial charge in [-0.25, -0.2) is 9.69 Å². The second-order valence-corrected chi connectivity index (χ2v) is 10.2. The molecule has 34 heavy (non-hydrogen) atoms. The minimum Gasteiger partial charge on any atom is -0.454 e. The van der Waals surface area contributed by atoms with E-state index in [0.717, 1.165) is 6.42 Å². The number of imide groups is 1. The lowest BCUT2D eigenvalue weighted by Gasteiger charge is -2.37. The van der Waals surface area contributed by atoms with Gasteiger partial charge in [-0.1, -0.05) is 41.4 Å². The number of allylic oxidation sites excluding steroid dienone is 2. The summed E-state index contributed by atoms with van der Waals surface area (Å²) in [7, 11) is 0. The van der Waals surface area contributed by atoms with E-state index in [-0.39, 0.29) is 51.6 Å². The average Bonchev–Trinajstić information content (AvgIpc) is 3.60. The molecule has 1 aliphatic heterocycles. The summed E-state index contributed by atoms with van der Waals surface area (Å²) in [5.74, 6) is -0.952. The first-order chi connectivity index (χ1) is 16.3. The standard InChI is InChI=1S/C26H19Cl2NO5/c27-13-4-5-17(20(28)9-13)21(30)11-34-26(33)12-2-1-3-14(8-12)29-24(31)22-15-6-7-16(19-10-18(15)19)23(22)25(29)32/h1-9,15-16,18-19,22-23H,10-11H2/t15-,16-,18-,19-,22-,23+/m1/s1. The molecule has 0 spiro atoms. The summed E-state index contributed by atoms with van der Waals surface area (Å²) < 4.78 is 5.18. The van der Waals surface area contributed by atoms with E-state index >= 15 is 0 Å². The topological polar surface area (TPSA) is 80.8 Å². The molecule has 7 rings (SSSR count). The molecule has 1 saturated heterocycles. The Morgan fingerprint density at radius 2 is 1.62 bits per heavy atom. The van der Waals surface area contributed by atoms with Crippen LogP contribution in [0.1, 0.15) is 27.1 Å². The quantitative estimate of drug-likeness (QED) is 0.262. The van der Waals surface area contributed by atoms with E-state index < -0.39 is 18.4 Å². The van der Waals surface area contributed by atoms with E-state index in [2.05, 4.69) is 12.2 Å². The highest BCUT2D eigenvalue weighted by atomic mass is 35.5. The Morgan fingerprint density at radius 1 is 0.941 bits per heavy atom. The molecule has 1 heterocycles. The number of ether oxygens (including phenoxy) is 1. The summed E-state index contributed by atoms with van der Waals surface area (Å²) in [4.78, 5) is 52.9. The average molecular weight is 496 g/mol. The van der Waals surface area contributed by atoms with Gasteiger partial charge in [-0.05, 0) is 66.5 Å². The Morgan fingerprint density at radius 3 is 2.26 bits per heavy atom. The fourth-order valence-electron chi connectivity index (χ4n) is 5.99. The third-order valence-corrected chi connectivity index (χ3v) is 8.12. The van der Waals surface area contributed by atoms with Gasteiger partial charge in [-0.15, -0.1) is 0 Å². The SMILES string of the molecule is O=C(OCC(=O)c1ccc(Cl)cc1Cl)c1cccc(N2C(=O)[C@@H]3[C@@H]4C=C[C@H]([C@H]5C[C@H]45)[C@@H]3C2=O)c1. The van der Waals surface area contributed by atoms with Gasteiger partial charge in [0.15, 0.2) is 6.61 Å². The number of esters is 1. The lowest BCUT2D eigenvalue weighted by atomic mass is 9.63. The largest absolute Gasteiger partial charge is 0.454 e. The van der Waals surface area contributed by atoms with Gasteiger partial charge < -0.3 is 4.74 Å². The smallest absolute Gasteiger partial charge is 0.338 e. The number of ketones is 1. The Bertz CT molecular complexity index is 1270. The van der Waals surface area contributed by atoms with Gasteiger partial charge in [0.2, 0.25) is 17.6 Å². The maximum Gasteiger partial charge on any atom is 0.338 e. The van der Waals surface area contributed by atoms with Crippen molar-refractivity contribution in [3.8, 4) is 0 Å². The van der Waals surface area contributed by atoms with Gasteiger partial charge >= 0.3 is 5.97 Å². The molecular weight excluding hydrogens is 477 g/mol. The van der Waals surface area contributed by atoms with Gasteiger partial charge in [0.1, 0.15) is 0 Å². The van der Waals surface area contributed by atoms with Crippen molar-refractivity contribution < 1.29 is 23.9 Å². The zero-order chi connectivity index (χ0) is 23.7. The normalized spacial score (nSPS) is 30.2. The summed E-state index contributed by atoms with van der Waals surface area (Å²) >= 11 is 11.9. The van der Waals surface area contributed by atoms with Crippen molar-refractivity contribution in [3.63, 3.8) is 0 Å². The number of carbonyl (C=O) groups is 4. The molecule has 2 aromatic rings. The fourth-order valence-corrected chi connectivity index (χ4v) is 6.51. The lowest BCUT2D eigenvalue weighted by molar-refractivity contribution is -0.124. The number of nitrogens with zero attached hydrogens (tertiary/aromatic N) is 1. The molecule has 8 heteroatoms. The zero-order valence-electron chi connectivity index (χ0n) is 17.8. The van der Waals surface area contributed by atoms with Gasteiger partial charge in [-0.2, -0.15) is 0 Å². The Balaban J connectivity index is 1.19. The molecule has 6 nitrogen and oxygen atoms in total. The molecular formula is C26H19Cl2NO5. The molecule has 0 unspecified atom stereocenters. The molecule has 2 aromatic carbocycles. The maximum absolute atomic E-state index is 13.3. The number of carbonyl (C=O) groups excluding carboxylic acids is 4. The number of Topliss-reactive ketones (excluding diaryl/α,β-unsaturated/α-hetero) is 1. The highest BCUT2D eigenvalue weighted by Crippen LogP contribution is 2.65. The van der Waals surface area contributed by atoms with Crippen LogP contribution in [0.5, 0.6) is 0 Å². The summed E-state index contributed by atoms with van der Waals surface area (Å²) in [6.07, 6.45) is 5.33. The van der Waals surface area contributed by atoms with Gasteiger partial charge in [0, 0.05) is 10.6 Å². The zero-order valence-corrected chi connectivity index (χ0v) is 19.3. The summed E-state index contributed by atoms with van der Waals surface area (Å²) in [6, 6.07) is 10.6. The minimum absolute atomic E-state index is 0.125. The van der Waals surface area contributed by atoms with E-state index in [1.807, 2.05) is 0 Å². The van der Waals surface area contributed by atoms with Crippen molar-refractivity contribution in [1.29, 1.82) is 0 Å². The number of amides is 2. The van der Waals surface area contributed by atoms with Crippen LogP contribution in [0, 0.1) is 35.5 Å². The van der Waals surface area contributed by atoms with Crippen molar-refractivity contribution in [1.82, 2.24) is 0 Å². The first-order valence-corrected chi connectivity index (χ1v) is 11.9. The number of hydrogen-bond donors (Lipinski definition) is 0. The molecule has 6 atom stereocenters. The van der Waals surface area contributed by atoms with Crippen molar-refractivity contribution in [2.75, 3.05) is 11.5 Å². The second-order valence-electron chi connectivity index (χ2n) is 9.34. The number of halogens is 2. The third kappa shape index (κ3) is 3.23. The maximum atomic E-state index is 13.3. The van der Waals surface area contributed by atoms with Crippen LogP contribution < -0.4 is 4.90 Å². The molecule has 3 fully saturated rings. The van der Waals surface area contributed by atoms with Crippen LogP contribution >= 0.6 is 23.2 Å². The Hall–Kier alpha value is -2.96. The second kappa shape index (κ2) is 7.79. The van der Waals surface area contributed by atoms with E-state index in [0.29, 0.717) is 22.5 Å². The van der Waals surface area contributed by atoms with Crippen LogP contribution in [-0.4, -0.2) is 30.2 Å². The molecule has 4 aliphatic carbocycles. The highest BCUT2D eigenvalue weighted by Gasteiger charge is 2.67. The minimum atomic E-state index is -0.736. The third-order valence-electron chi connectivity index (χ3n) is 7.57. The van der Waals surface area contributed by atoms with Gasteiger partial charge in [-0.3, -0.25) is 14.4 Å². The van der Waals surface area contributed by atoms with Crippen LogP contribution in [0.15, 0.2) is 54.6 Å². The number of hydrogen-bond acceptors (Lipinski definition) is 5. The van der Waals surface area contributed by atoms with Crippen molar-refractivity contribution >= 4 is 52.5 Å². The molecule has 172 valence electrons. The monoisotopic (exact) mass is 495 g/mol. The van der Waals surface area contributed by atoms with Crippen LogP contribution in [0.4, 0.5) is 5.69 Å². The van der Waals surface area contributed by atoms with E-state index in [4.69, 9.17) is 27.9 Å². The predicted molar refractivity (Wildman–Crippen MR) is 125 cm³/mol. The predicted octanol–water partition coefficient (Wildman–Crippen LogP) is 4.59. The van der Waals surface area contributed by atoms with Crippen molar-refractivity contribution in [3.05, 3.63) is 75.8 Å². The lowest BCUT2D eigenvalue weighted by Crippen LogP contribution is -2.40. The van der Waals surface area contributed by atoms with Crippen molar-refractivity contribution in [2.24, 2.45) is 35.5 Å². The van der Waals surface area contributed by atoms with Crippen LogP contribution in [0.2, 0.25) is 10.0 Å². The van der Waals surface area contributed by atoms with Crippen LogP contribution in [-0.2, 0) is 14.3 Å². The molecule has 2 saturated carbocycles. The molecule has 0 N–H and O–H groups in total. The Labute approximate surface area is 205 Å². The Kier molecular flexibility index (Phi) is 4.94. The fraction of sp³-hybridized carbons (Fsp3) is 0.308. The summed E-state index contributed by atoms with van der Waals surface area (Å²) in [6.45, 7) is -0.506. The molecule has 2 bridgehead atoms. The number of anilines is 1. The van der Waals surface area contributed by atoms with E-state index in [9.17, 15) is 19.2 Å². The molecule has 5 aliphatic rings. The van der Waals surface area contributed by atoms with Crippen molar-refractivity contribution in [2.45, 2.75) is 6.42 Å². The van der Waals surface area contributed by atoms with Gasteiger partial charge in [0.25, 0.3) is 0 Å². The van der Waals surface area contributed by atoms with Gasteiger partial charge in [0.05, 0.1) is 28.1 Å². The van der Waals surface area contributed by atoms with E-state index in [1.165, 1.54) is 35.2 Å².